The molecule has 1 N–H and O–H groups in total. The van der Waals surface area contributed by atoms with E-state index in [4.69, 9.17) is 0 Å². The zero-order valence-corrected chi connectivity index (χ0v) is 12.0. The lowest BCUT2D eigenvalue weighted by molar-refractivity contribution is 0.0442. The van der Waals surface area contributed by atoms with Gasteiger partial charge in [-0.2, -0.15) is 0 Å². The molecule has 0 fully saturated rings. The Morgan fingerprint density at radius 2 is 1.40 bits per heavy atom. The summed E-state index contributed by atoms with van der Waals surface area (Å²) in [6.45, 7) is 4.00. The van der Waals surface area contributed by atoms with E-state index >= 15 is 0 Å². The van der Waals surface area contributed by atoms with Crippen LogP contribution in [0.4, 0.5) is 0 Å². The summed E-state index contributed by atoms with van der Waals surface area (Å²) in [5, 5.41) is 10.9. The molecule has 2 heteroatoms. The van der Waals surface area contributed by atoms with Crippen molar-refractivity contribution >= 4 is 15.9 Å². The fourth-order valence-electron chi connectivity index (χ4n) is 1.66. The molecule has 0 radical (unpaired) electrons. The first-order valence-corrected chi connectivity index (χ1v) is 7.53. The minimum Gasteiger partial charge on any atom is -0.390 e. The van der Waals surface area contributed by atoms with Gasteiger partial charge in [0.15, 0.2) is 0 Å². The highest BCUT2D eigenvalue weighted by Gasteiger charge is 2.15. The smallest absolute Gasteiger partial charge is 0.0617 e. The van der Waals surface area contributed by atoms with E-state index in [9.17, 15) is 5.11 Å². The second-order valence-corrected chi connectivity index (χ2v) is 5.56. The van der Waals surface area contributed by atoms with Gasteiger partial charge in [-0.1, -0.05) is 61.4 Å². The number of halogens is 1. The molecule has 0 aliphatic rings. The van der Waals surface area contributed by atoms with E-state index in [1.807, 2.05) is 6.92 Å². The zero-order valence-electron chi connectivity index (χ0n) is 10.4. The molecule has 0 spiro atoms. The van der Waals surface area contributed by atoms with Crippen LogP contribution in [0.5, 0.6) is 0 Å². The van der Waals surface area contributed by atoms with Crippen molar-refractivity contribution in [2.45, 2.75) is 77.2 Å². The molecule has 0 saturated heterocycles. The maximum Gasteiger partial charge on any atom is 0.0617 e. The van der Waals surface area contributed by atoms with E-state index in [1.165, 1.54) is 44.9 Å². The van der Waals surface area contributed by atoms with Gasteiger partial charge in [0.2, 0.25) is 0 Å². The van der Waals surface area contributed by atoms with Crippen molar-refractivity contribution in [3.63, 3.8) is 0 Å². The van der Waals surface area contributed by atoms with Gasteiger partial charge in [-0.05, 0) is 26.2 Å². The maximum atomic E-state index is 9.79. The van der Waals surface area contributed by atoms with Crippen molar-refractivity contribution in [3.05, 3.63) is 0 Å². The molecule has 0 bridgehead atoms. The van der Waals surface area contributed by atoms with Crippen LogP contribution in [0.1, 0.15) is 71.6 Å². The predicted octanol–water partition coefficient (Wildman–Crippen LogP) is 4.66. The Morgan fingerprint density at radius 1 is 0.933 bits per heavy atom. The summed E-state index contributed by atoms with van der Waals surface area (Å²) in [7, 11) is 0. The second-order valence-electron chi connectivity index (χ2n) is 4.76. The minimum atomic E-state index is -0.421. The summed E-state index contributed by atoms with van der Waals surface area (Å²) < 4.78 is 0. The van der Waals surface area contributed by atoms with Gasteiger partial charge < -0.3 is 5.11 Å². The Kier molecular flexibility index (Phi) is 9.93. The first-order chi connectivity index (χ1) is 7.12. The molecule has 1 nitrogen and oxygen atoms in total. The van der Waals surface area contributed by atoms with E-state index < -0.39 is 5.60 Å². The normalized spacial score (nSPS) is 15.2. The van der Waals surface area contributed by atoms with Gasteiger partial charge >= 0.3 is 0 Å². The highest BCUT2D eigenvalue weighted by Crippen LogP contribution is 2.18. The van der Waals surface area contributed by atoms with Gasteiger partial charge in [0.05, 0.1) is 5.60 Å². The van der Waals surface area contributed by atoms with Crippen LogP contribution in [0.2, 0.25) is 0 Å². The molecule has 0 aliphatic carbocycles. The lowest BCUT2D eigenvalue weighted by Crippen LogP contribution is -2.22. The Hall–Kier alpha value is 0.440. The summed E-state index contributed by atoms with van der Waals surface area (Å²) in [6, 6.07) is 0. The van der Waals surface area contributed by atoms with Gasteiger partial charge in [0.1, 0.15) is 0 Å². The lowest BCUT2D eigenvalue weighted by atomic mass is 9.95. The van der Waals surface area contributed by atoms with Crippen LogP contribution in [0.25, 0.3) is 0 Å². The average molecular weight is 279 g/mol. The van der Waals surface area contributed by atoms with Gasteiger partial charge in [-0.3, -0.25) is 0 Å². The number of hydrogen-bond donors (Lipinski definition) is 1. The molecule has 1 unspecified atom stereocenters. The van der Waals surface area contributed by atoms with Gasteiger partial charge in [0.25, 0.3) is 0 Å². The molecular formula is C13H27BrO. The zero-order chi connectivity index (χ0) is 11.6. The number of rotatable bonds is 10. The largest absolute Gasteiger partial charge is 0.390 e. The highest BCUT2D eigenvalue weighted by molar-refractivity contribution is 9.09. The highest BCUT2D eigenvalue weighted by atomic mass is 79.9. The molecule has 0 aliphatic heterocycles. The SMILES string of the molecule is CCC(C)(O)CCCCCCCCCBr. The van der Waals surface area contributed by atoms with Crippen molar-refractivity contribution in [3.8, 4) is 0 Å². The summed E-state index contributed by atoms with van der Waals surface area (Å²) in [5.74, 6) is 0. The van der Waals surface area contributed by atoms with Gasteiger partial charge in [-0.15, -0.1) is 0 Å². The summed E-state index contributed by atoms with van der Waals surface area (Å²) in [4.78, 5) is 0. The van der Waals surface area contributed by atoms with Crippen molar-refractivity contribution < 1.29 is 5.11 Å². The van der Waals surface area contributed by atoms with E-state index in [0.29, 0.717) is 0 Å². The fraction of sp³-hybridized carbons (Fsp3) is 1.00. The lowest BCUT2D eigenvalue weighted by Gasteiger charge is -2.20. The Bertz CT molecular complexity index is 134. The third kappa shape index (κ3) is 10.7. The summed E-state index contributed by atoms with van der Waals surface area (Å²) in [6.07, 6.45) is 11.0. The number of unbranched alkanes of at least 4 members (excludes halogenated alkanes) is 6. The molecular weight excluding hydrogens is 252 g/mol. The second kappa shape index (κ2) is 9.65. The molecule has 1 atom stereocenters. The first-order valence-electron chi connectivity index (χ1n) is 6.41. The standard InChI is InChI=1S/C13H27BrO/c1-3-13(2,15)11-9-7-5-4-6-8-10-12-14/h15H,3-12H2,1-2H3. The molecule has 0 aromatic rings. The number of alkyl halides is 1. The summed E-state index contributed by atoms with van der Waals surface area (Å²) >= 11 is 3.45. The quantitative estimate of drug-likeness (QED) is 0.455. The van der Waals surface area contributed by atoms with Crippen molar-refractivity contribution in [1.82, 2.24) is 0 Å². The van der Waals surface area contributed by atoms with Crippen molar-refractivity contribution in [2.24, 2.45) is 0 Å². The fourth-order valence-corrected chi connectivity index (χ4v) is 2.06. The van der Waals surface area contributed by atoms with Crippen LogP contribution >= 0.6 is 15.9 Å². The molecule has 15 heavy (non-hydrogen) atoms. The molecule has 0 rings (SSSR count). The molecule has 0 aromatic carbocycles. The van der Waals surface area contributed by atoms with Crippen molar-refractivity contribution in [2.75, 3.05) is 5.33 Å². The predicted molar refractivity (Wildman–Crippen MR) is 71.6 cm³/mol. The van der Waals surface area contributed by atoms with Crippen LogP contribution in [0.3, 0.4) is 0 Å². The maximum absolute atomic E-state index is 9.79. The van der Waals surface area contributed by atoms with Crippen LogP contribution < -0.4 is 0 Å². The minimum absolute atomic E-state index is 0.421. The van der Waals surface area contributed by atoms with Crippen LogP contribution in [-0.4, -0.2) is 16.0 Å². The van der Waals surface area contributed by atoms with Crippen LogP contribution in [0.15, 0.2) is 0 Å². The van der Waals surface area contributed by atoms with E-state index in [2.05, 4.69) is 22.9 Å². The monoisotopic (exact) mass is 278 g/mol. The Labute approximate surface area is 104 Å². The molecule has 0 amide bonds. The molecule has 92 valence electrons. The molecule has 0 heterocycles. The Balaban J connectivity index is 3.11. The third-order valence-corrected chi connectivity index (χ3v) is 3.67. The number of hydrogen-bond acceptors (Lipinski definition) is 1. The van der Waals surface area contributed by atoms with Crippen LogP contribution in [0, 0.1) is 0 Å². The summed E-state index contributed by atoms with van der Waals surface area (Å²) in [5.41, 5.74) is -0.421. The van der Waals surface area contributed by atoms with Gasteiger partial charge in [-0.25, -0.2) is 0 Å². The topological polar surface area (TPSA) is 20.2 Å². The van der Waals surface area contributed by atoms with Crippen LogP contribution in [-0.2, 0) is 0 Å². The Morgan fingerprint density at radius 3 is 1.87 bits per heavy atom. The van der Waals surface area contributed by atoms with Gasteiger partial charge in [0, 0.05) is 5.33 Å². The van der Waals surface area contributed by atoms with Crippen molar-refractivity contribution in [1.29, 1.82) is 0 Å². The molecule has 0 saturated carbocycles. The average Bonchev–Trinajstić information content (AvgIpc) is 2.22. The van der Waals surface area contributed by atoms with E-state index in [1.54, 1.807) is 0 Å². The van der Waals surface area contributed by atoms with E-state index in [0.717, 1.165) is 18.2 Å². The number of aliphatic hydroxyl groups is 1. The first kappa shape index (κ1) is 15.4. The molecule has 0 aromatic heterocycles. The van der Waals surface area contributed by atoms with E-state index in [-0.39, 0.29) is 0 Å². The third-order valence-electron chi connectivity index (χ3n) is 3.11.